The highest BCUT2D eigenvalue weighted by atomic mass is 127. The number of nitrogens with zero attached hydrogens (tertiary/aromatic N) is 1. The van der Waals surface area contributed by atoms with Crippen molar-refractivity contribution in [1.29, 1.82) is 0 Å². The van der Waals surface area contributed by atoms with Crippen LogP contribution in [0.4, 0.5) is 0 Å². The molecule has 10 heavy (non-hydrogen) atoms. The summed E-state index contributed by atoms with van der Waals surface area (Å²) in [5.74, 6) is 5.88. The molecule has 0 bridgehead atoms. The third-order valence-corrected chi connectivity index (χ3v) is 1.47. The van der Waals surface area contributed by atoms with E-state index in [1.807, 2.05) is 0 Å². The zero-order chi connectivity index (χ0) is 7.33. The number of nitrogens with two attached hydrogens (primary N) is 1. The van der Waals surface area contributed by atoms with Gasteiger partial charge in [-0.05, 0) is 12.8 Å². The Bertz CT molecular complexity index is 66.0. The molecule has 0 heterocycles. The fraction of sp³-hybridized carbons (Fsp3) is 1.00. The summed E-state index contributed by atoms with van der Waals surface area (Å²) >= 11 is 0. The van der Waals surface area contributed by atoms with Gasteiger partial charge in [-0.2, -0.15) is 5.84 Å². The molecule has 0 aromatic heterocycles. The Morgan fingerprint density at radius 2 is 1.40 bits per heavy atom. The lowest BCUT2D eigenvalue weighted by molar-refractivity contribution is -0.921. The van der Waals surface area contributed by atoms with Crippen molar-refractivity contribution < 1.29 is 28.6 Å². The molecular weight excluding hydrogens is 239 g/mol. The van der Waals surface area contributed by atoms with Gasteiger partial charge in [-0.1, -0.05) is 13.8 Å². The van der Waals surface area contributed by atoms with E-state index in [4.69, 9.17) is 5.84 Å². The van der Waals surface area contributed by atoms with Crippen LogP contribution in [-0.4, -0.2) is 24.7 Å². The maximum atomic E-state index is 5.88. The van der Waals surface area contributed by atoms with Crippen LogP contribution in [0.5, 0.6) is 0 Å². The fourth-order valence-corrected chi connectivity index (χ4v) is 1.13. The smallest absolute Gasteiger partial charge is 0.0955 e. The Morgan fingerprint density at radius 3 is 1.60 bits per heavy atom. The molecule has 0 unspecified atom stereocenters. The first-order valence-electron chi connectivity index (χ1n) is 3.75. The highest BCUT2D eigenvalue weighted by molar-refractivity contribution is 4.28. The Labute approximate surface area is 81.4 Å². The summed E-state index contributed by atoms with van der Waals surface area (Å²) in [5.41, 5.74) is 0. The van der Waals surface area contributed by atoms with Gasteiger partial charge in [0.25, 0.3) is 0 Å². The van der Waals surface area contributed by atoms with E-state index in [1.165, 1.54) is 12.8 Å². The van der Waals surface area contributed by atoms with Crippen LogP contribution < -0.4 is 29.8 Å². The highest BCUT2D eigenvalue weighted by Gasteiger charge is 2.11. The first-order valence-corrected chi connectivity index (χ1v) is 3.75. The van der Waals surface area contributed by atoms with Crippen LogP contribution in [0, 0.1) is 0 Å². The standard InChI is InChI=1S/C7H19N2.HI/c1-4-6-9(3,8)7-5-2;/h4-8H2,1-3H3;1H/q+1;/p-1. The van der Waals surface area contributed by atoms with Crippen molar-refractivity contribution in [3.63, 3.8) is 0 Å². The molecule has 0 aromatic carbocycles. The van der Waals surface area contributed by atoms with Crippen LogP contribution in [0.2, 0.25) is 0 Å². The van der Waals surface area contributed by atoms with Crippen LogP contribution in [0.15, 0.2) is 0 Å². The van der Waals surface area contributed by atoms with Crippen molar-refractivity contribution in [1.82, 2.24) is 0 Å². The van der Waals surface area contributed by atoms with E-state index in [1.54, 1.807) is 0 Å². The summed E-state index contributed by atoms with van der Waals surface area (Å²) in [4.78, 5) is 0. The molecule has 0 aliphatic heterocycles. The molecule has 0 atom stereocenters. The molecule has 0 rings (SSSR count). The number of quaternary nitrogens is 1. The number of hydrogen-bond donors (Lipinski definition) is 1. The predicted octanol–water partition coefficient (Wildman–Crippen LogP) is -1.87. The van der Waals surface area contributed by atoms with Gasteiger partial charge in [0, 0.05) is 0 Å². The molecule has 0 aliphatic rings. The maximum absolute atomic E-state index is 5.88. The maximum Gasteiger partial charge on any atom is 0.0955 e. The lowest BCUT2D eigenvalue weighted by Crippen LogP contribution is -3.00. The van der Waals surface area contributed by atoms with Crippen LogP contribution in [-0.2, 0) is 0 Å². The molecule has 64 valence electrons. The van der Waals surface area contributed by atoms with Crippen LogP contribution in [0.25, 0.3) is 0 Å². The second kappa shape index (κ2) is 6.37. The van der Waals surface area contributed by atoms with Crippen molar-refractivity contribution in [3.8, 4) is 0 Å². The van der Waals surface area contributed by atoms with E-state index >= 15 is 0 Å². The normalized spacial score (nSPS) is 10.8. The molecule has 0 aromatic rings. The van der Waals surface area contributed by atoms with Crippen LogP contribution >= 0.6 is 0 Å². The minimum absolute atomic E-state index is 0. The fourth-order valence-electron chi connectivity index (χ4n) is 1.13. The largest absolute Gasteiger partial charge is 1.00 e. The Morgan fingerprint density at radius 1 is 1.10 bits per heavy atom. The Kier molecular flexibility index (Phi) is 8.44. The average molecular weight is 258 g/mol. The van der Waals surface area contributed by atoms with Gasteiger partial charge in [0.05, 0.1) is 20.1 Å². The lowest BCUT2D eigenvalue weighted by Gasteiger charge is -2.26. The van der Waals surface area contributed by atoms with E-state index in [2.05, 4.69) is 20.9 Å². The van der Waals surface area contributed by atoms with Crippen molar-refractivity contribution in [3.05, 3.63) is 0 Å². The summed E-state index contributed by atoms with van der Waals surface area (Å²) in [6.45, 7) is 6.51. The number of halogens is 1. The monoisotopic (exact) mass is 258 g/mol. The molecule has 2 N–H and O–H groups in total. The molecule has 0 saturated heterocycles. The zero-order valence-electron chi connectivity index (χ0n) is 7.23. The third kappa shape index (κ3) is 6.77. The number of hydrogen-bond acceptors (Lipinski definition) is 1. The van der Waals surface area contributed by atoms with Crippen molar-refractivity contribution in [2.45, 2.75) is 26.7 Å². The van der Waals surface area contributed by atoms with Gasteiger partial charge in [-0.3, -0.25) is 4.59 Å². The van der Waals surface area contributed by atoms with Crippen molar-refractivity contribution in [2.24, 2.45) is 5.84 Å². The van der Waals surface area contributed by atoms with Gasteiger partial charge >= 0.3 is 0 Å². The molecule has 2 nitrogen and oxygen atoms in total. The summed E-state index contributed by atoms with van der Waals surface area (Å²) < 4.78 is 0.688. The van der Waals surface area contributed by atoms with Crippen molar-refractivity contribution >= 4 is 0 Å². The van der Waals surface area contributed by atoms with Gasteiger partial charge in [-0.25, -0.2) is 0 Å². The molecule has 0 amide bonds. The summed E-state index contributed by atoms with van der Waals surface area (Å²) in [7, 11) is 2.08. The summed E-state index contributed by atoms with van der Waals surface area (Å²) in [6, 6.07) is 0. The highest BCUT2D eigenvalue weighted by Crippen LogP contribution is 1.95. The van der Waals surface area contributed by atoms with Crippen molar-refractivity contribution in [2.75, 3.05) is 20.1 Å². The molecular formula is C7H19IN2. The quantitative estimate of drug-likeness (QED) is 0.272. The molecule has 3 heteroatoms. The summed E-state index contributed by atoms with van der Waals surface area (Å²) in [6.07, 6.45) is 2.35. The van der Waals surface area contributed by atoms with E-state index in [-0.39, 0.29) is 24.0 Å². The van der Waals surface area contributed by atoms with Gasteiger partial charge in [0.1, 0.15) is 0 Å². The van der Waals surface area contributed by atoms with Gasteiger partial charge in [-0.15, -0.1) is 0 Å². The lowest BCUT2D eigenvalue weighted by atomic mass is 10.4. The van der Waals surface area contributed by atoms with Crippen LogP contribution in [0.1, 0.15) is 26.7 Å². The predicted molar refractivity (Wildman–Crippen MR) is 40.7 cm³/mol. The molecule has 0 aliphatic carbocycles. The molecule has 0 saturated carbocycles. The second-order valence-electron chi connectivity index (χ2n) is 2.93. The third-order valence-electron chi connectivity index (χ3n) is 1.47. The first-order chi connectivity index (χ1) is 4.12. The SMILES string of the molecule is CCC[N+](C)(N)CCC.[I-]. The molecule has 0 spiro atoms. The minimum Gasteiger partial charge on any atom is -1.00 e. The molecule has 0 fully saturated rings. The van der Waals surface area contributed by atoms with Crippen LogP contribution in [0.3, 0.4) is 0 Å². The van der Waals surface area contributed by atoms with Gasteiger partial charge < -0.3 is 24.0 Å². The Balaban J connectivity index is 0. The minimum atomic E-state index is 0. The Hall–Kier alpha value is 0.650. The van der Waals surface area contributed by atoms with E-state index in [0.717, 1.165) is 13.1 Å². The van der Waals surface area contributed by atoms with E-state index < -0.39 is 0 Å². The number of rotatable bonds is 4. The van der Waals surface area contributed by atoms with E-state index in [0.29, 0.717) is 4.59 Å². The second-order valence-corrected chi connectivity index (χ2v) is 2.93. The van der Waals surface area contributed by atoms with E-state index in [9.17, 15) is 0 Å². The molecule has 0 radical (unpaired) electrons. The van der Waals surface area contributed by atoms with Gasteiger partial charge in [0.15, 0.2) is 0 Å². The topological polar surface area (TPSA) is 26.0 Å². The first kappa shape index (κ1) is 13.3. The zero-order valence-corrected chi connectivity index (χ0v) is 9.39. The average Bonchev–Trinajstić information content (AvgIpc) is 1.64. The van der Waals surface area contributed by atoms with Gasteiger partial charge in [0.2, 0.25) is 0 Å². The summed E-state index contributed by atoms with van der Waals surface area (Å²) in [5, 5.41) is 0.